The van der Waals surface area contributed by atoms with Crippen LogP contribution >= 0.6 is 61.1 Å². The lowest BCUT2D eigenvalue weighted by Crippen LogP contribution is -1.86. The molecule has 0 fully saturated rings. The van der Waals surface area contributed by atoms with E-state index in [1.54, 1.807) is 0 Å². The highest BCUT2D eigenvalue weighted by molar-refractivity contribution is 14.1. The first-order chi connectivity index (χ1) is 5.15. The summed E-state index contributed by atoms with van der Waals surface area (Å²) >= 11 is 7.67. The van der Waals surface area contributed by atoms with Crippen molar-refractivity contribution >= 4 is 61.1 Å². The van der Waals surface area contributed by atoms with Crippen molar-refractivity contribution < 1.29 is 0 Å². The third-order valence-corrected chi connectivity index (χ3v) is 3.28. The van der Waals surface area contributed by atoms with Crippen LogP contribution in [0, 0.1) is 18.5 Å². The molecule has 0 spiro atoms. The summed E-state index contributed by atoms with van der Waals surface area (Å²) < 4.78 is 3.00. The number of rotatable bonds is 0. The first kappa shape index (κ1) is 9.74. The van der Waals surface area contributed by atoms with Gasteiger partial charge in [0.1, 0.15) is 6.07 Å². The Labute approximate surface area is 101 Å². The molecule has 0 atom stereocenters. The Morgan fingerprint density at radius 2 is 1.73 bits per heavy atom. The lowest BCUT2D eigenvalue weighted by molar-refractivity contribution is 1.43. The van der Waals surface area contributed by atoms with Crippen LogP contribution in [0.25, 0.3) is 0 Å². The maximum absolute atomic E-state index is 8.72. The van der Waals surface area contributed by atoms with E-state index in [9.17, 15) is 0 Å². The molecule has 4 heteroatoms. The van der Waals surface area contributed by atoms with Gasteiger partial charge in [0.05, 0.1) is 5.56 Å². The van der Waals surface area contributed by atoms with Crippen molar-refractivity contribution in [1.82, 2.24) is 0 Å². The zero-order valence-electron chi connectivity index (χ0n) is 5.24. The van der Waals surface area contributed by atoms with Gasteiger partial charge in [0.25, 0.3) is 0 Å². The number of nitrogens with zero attached hydrogens (tertiary/aromatic N) is 1. The molecule has 56 valence electrons. The Morgan fingerprint density at radius 3 is 2.09 bits per heavy atom. The van der Waals surface area contributed by atoms with Crippen LogP contribution in [-0.2, 0) is 0 Å². The van der Waals surface area contributed by atoms with Crippen LogP contribution in [0.5, 0.6) is 0 Å². The minimum atomic E-state index is 0.759. The summed E-state index contributed by atoms with van der Waals surface area (Å²) in [4.78, 5) is 0. The minimum absolute atomic E-state index is 0.759. The van der Waals surface area contributed by atoms with E-state index in [1.807, 2.05) is 12.1 Å². The first-order valence-corrected chi connectivity index (χ1v) is 5.65. The van der Waals surface area contributed by atoms with Gasteiger partial charge in [-0.15, -0.1) is 0 Å². The van der Waals surface area contributed by atoms with Crippen molar-refractivity contribution in [3.63, 3.8) is 0 Å². The summed E-state index contributed by atoms with van der Waals surface area (Å²) in [6, 6.07) is 6.02. The third-order valence-electron chi connectivity index (χ3n) is 1.12. The molecule has 1 rings (SSSR count). The average Bonchev–Trinajstić information content (AvgIpc) is 1.85. The normalized spacial score (nSPS) is 9.27. The Kier molecular flexibility index (Phi) is 3.58. The predicted octanol–water partition coefficient (Wildman–Crippen LogP) is 3.53. The SMILES string of the molecule is N#Cc1c(I)cc(Br)cc1I. The van der Waals surface area contributed by atoms with E-state index < -0.39 is 0 Å². The van der Waals surface area contributed by atoms with Crippen LogP contribution in [0.15, 0.2) is 16.6 Å². The van der Waals surface area contributed by atoms with E-state index in [0.717, 1.165) is 17.2 Å². The molecule has 0 aliphatic rings. The third kappa shape index (κ3) is 2.29. The smallest absolute Gasteiger partial charge is 0.101 e. The molecule has 0 bridgehead atoms. The molecule has 0 heterocycles. The molecule has 0 aromatic heterocycles. The molecule has 0 unspecified atom stereocenters. The largest absolute Gasteiger partial charge is 0.192 e. The second-order valence-electron chi connectivity index (χ2n) is 1.86. The maximum Gasteiger partial charge on any atom is 0.101 e. The molecule has 0 radical (unpaired) electrons. The van der Waals surface area contributed by atoms with E-state index >= 15 is 0 Å². The summed E-state index contributed by atoms with van der Waals surface area (Å²) in [5.41, 5.74) is 0.759. The lowest BCUT2D eigenvalue weighted by Gasteiger charge is -1.98. The highest BCUT2D eigenvalue weighted by Gasteiger charge is 2.04. The minimum Gasteiger partial charge on any atom is -0.192 e. The van der Waals surface area contributed by atoms with Crippen molar-refractivity contribution in [3.8, 4) is 6.07 Å². The average molecular weight is 434 g/mol. The first-order valence-electron chi connectivity index (χ1n) is 2.70. The van der Waals surface area contributed by atoms with Crippen LogP contribution < -0.4 is 0 Å². The number of benzene rings is 1. The summed E-state index contributed by atoms with van der Waals surface area (Å²) in [7, 11) is 0. The second-order valence-corrected chi connectivity index (χ2v) is 5.10. The zero-order valence-corrected chi connectivity index (χ0v) is 11.1. The molecule has 1 aromatic carbocycles. The van der Waals surface area contributed by atoms with E-state index in [2.05, 4.69) is 67.2 Å². The molecular formula is C7H2BrI2N. The zero-order chi connectivity index (χ0) is 8.43. The van der Waals surface area contributed by atoms with Gasteiger partial charge in [-0.3, -0.25) is 0 Å². The van der Waals surface area contributed by atoms with Crippen LogP contribution in [0.3, 0.4) is 0 Å². The van der Waals surface area contributed by atoms with Gasteiger partial charge >= 0.3 is 0 Å². The Bertz CT molecular complexity index is 307. The van der Waals surface area contributed by atoms with Crippen LogP contribution in [-0.4, -0.2) is 0 Å². The van der Waals surface area contributed by atoms with E-state index in [4.69, 9.17) is 5.26 Å². The summed E-state index contributed by atoms with van der Waals surface area (Å²) in [6.45, 7) is 0. The fourth-order valence-corrected chi connectivity index (χ4v) is 3.97. The number of nitriles is 1. The van der Waals surface area contributed by atoms with Crippen LogP contribution in [0.2, 0.25) is 0 Å². The fourth-order valence-electron chi connectivity index (χ4n) is 0.649. The van der Waals surface area contributed by atoms with E-state index in [1.165, 1.54) is 0 Å². The molecule has 0 amide bonds. The number of halogens is 3. The molecule has 1 nitrogen and oxygen atoms in total. The van der Waals surface area contributed by atoms with Crippen molar-refractivity contribution in [2.75, 3.05) is 0 Å². The Balaban J connectivity index is 3.40. The summed E-state index contributed by atoms with van der Waals surface area (Å²) in [5.74, 6) is 0. The molecular weight excluding hydrogens is 432 g/mol. The molecule has 0 aliphatic carbocycles. The van der Waals surface area contributed by atoms with Crippen LogP contribution in [0.4, 0.5) is 0 Å². The van der Waals surface area contributed by atoms with Crippen molar-refractivity contribution in [1.29, 1.82) is 5.26 Å². The Hall–Kier alpha value is 0.650. The van der Waals surface area contributed by atoms with Crippen molar-refractivity contribution in [3.05, 3.63) is 29.3 Å². The topological polar surface area (TPSA) is 23.8 Å². The fraction of sp³-hybridized carbons (Fsp3) is 0. The van der Waals surface area contributed by atoms with Crippen molar-refractivity contribution in [2.45, 2.75) is 0 Å². The predicted molar refractivity (Wildman–Crippen MR) is 64.3 cm³/mol. The van der Waals surface area contributed by atoms with E-state index in [-0.39, 0.29) is 0 Å². The van der Waals surface area contributed by atoms with Gasteiger partial charge in [0.2, 0.25) is 0 Å². The lowest BCUT2D eigenvalue weighted by atomic mass is 10.2. The number of hydrogen-bond donors (Lipinski definition) is 0. The molecule has 11 heavy (non-hydrogen) atoms. The van der Waals surface area contributed by atoms with Gasteiger partial charge in [-0.25, -0.2) is 0 Å². The van der Waals surface area contributed by atoms with Gasteiger partial charge in [0, 0.05) is 11.6 Å². The molecule has 1 aromatic rings. The molecule has 0 aliphatic heterocycles. The van der Waals surface area contributed by atoms with E-state index in [0.29, 0.717) is 0 Å². The maximum atomic E-state index is 8.72. The van der Waals surface area contributed by atoms with Crippen molar-refractivity contribution in [2.24, 2.45) is 0 Å². The molecule has 0 saturated heterocycles. The molecule has 0 saturated carbocycles. The highest BCUT2D eigenvalue weighted by Crippen LogP contribution is 2.23. The Morgan fingerprint density at radius 1 is 1.27 bits per heavy atom. The standard InChI is InChI=1S/C7H2BrI2N/c8-4-1-6(9)5(3-11)7(10)2-4/h1-2H. The summed E-state index contributed by atoms with van der Waals surface area (Å²) in [5, 5.41) is 8.72. The van der Waals surface area contributed by atoms with Gasteiger partial charge < -0.3 is 0 Å². The van der Waals surface area contributed by atoms with Gasteiger partial charge in [-0.2, -0.15) is 5.26 Å². The van der Waals surface area contributed by atoms with Gasteiger partial charge in [-0.05, 0) is 57.3 Å². The quantitative estimate of drug-likeness (QED) is 0.574. The monoisotopic (exact) mass is 433 g/mol. The van der Waals surface area contributed by atoms with Crippen LogP contribution in [0.1, 0.15) is 5.56 Å². The second kappa shape index (κ2) is 4.05. The van der Waals surface area contributed by atoms with Gasteiger partial charge in [0.15, 0.2) is 0 Å². The highest BCUT2D eigenvalue weighted by atomic mass is 127. The number of hydrogen-bond acceptors (Lipinski definition) is 1. The molecule has 0 N–H and O–H groups in total. The van der Waals surface area contributed by atoms with Gasteiger partial charge in [-0.1, -0.05) is 15.9 Å². The summed E-state index contributed by atoms with van der Waals surface area (Å²) in [6.07, 6.45) is 0.